The third-order valence-electron chi connectivity index (χ3n) is 2.13. The maximum atomic E-state index is 3.37. The molecule has 2 nitrogen and oxygen atoms in total. The van der Waals surface area contributed by atoms with Gasteiger partial charge in [0.25, 0.3) is 0 Å². The van der Waals surface area contributed by atoms with E-state index in [9.17, 15) is 0 Å². The van der Waals surface area contributed by atoms with Gasteiger partial charge in [-0.15, -0.1) is 11.3 Å². The van der Waals surface area contributed by atoms with E-state index >= 15 is 0 Å². The normalized spacial score (nSPS) is 12.3. The van der Waals surface area contributed by atoms with Crippen LogP contribution in [0.3, 0.4) is 0 Å². The fourth-order valence-corrected chi connectivity index (χ4v) is 2.19. The number of hydrogen-bond acceptors (Lipinski definition) is 3. The number of anilines is 4. The zero-order chi connectivity index (χ0) is 8.67. The number of nitrogens with one attached hydrogen (secondary N) is 2. The van der Waals surface area contributed by atoms with Gasteiger partial charge in [-0.25, -0.2) is 0 Å². The molecule has 64 valence electrons. The van der Waals surface area contributed by atoms with E-state index in [0.717, 1.165) is 11.4 Å². The van der Waals surface area contributed by atoms with Crippen molar-refractivity contribution in [2.24, 2.45) is 0 Å². The number of para-hydroxylation sites is 2. The van der Waals surface area contributed by atoms with Crippen LogP contribution in [0.25, 0.3) is 0 Å². The molecule has 0 aliphatic carbocycles. The van der Waals surface area contributed by atoms with Gasteiger partial charge in [0.2, 0.25) is 0 Å². The van der Waals surface area contributed by atoms with Crippen molar-refractivity contribution in [3.63, 3.8) is 0 Å². The van der Waals surface area contributed by atoms with Gasteiger partial charge in [-0.2, -0.15) is 0 Å². The number of hydrogen-bond donors (Lipinski definition) is 2. The van der Waals surface area contributed by atoms with Crippen molar-refractivity contribution in [2.45, 2.75) is 0 Å². The van der Waals surface area contributed by atoms with Crippen LogP contribution in [0.2, 0.25) is 0 Å². The van der Waals surface area contributed by atoms with E-state index in [4.69, 9.17) is 0 Å². The first-order chi connectivity index (χ1) is 6.43. The first-order valence-electron chi connectivity index (χ1n) is 4.13. The van der Waals surface area contributed by atoms with E-state index in [0.29, 0.717) is 0 Å². The Morgan fingerprint density at radius 3 is 1.85 bits per heavy atom. The van der Waals surface area contributed by atoms with Gasteiger partial charge in [-0.1, -0.05) is 12.1 Å². The number of rotatable bonds is 0. The number of fused-ring (bicyclic) bond motifs is 2. The van der Waals surface area contributed by atoms with Crippen molar-refractivity contribution < 1.29 is 0 Å². The lowest BCUT2D eigenvalue weighted by Gasteiger charge is -2.19. The molecule has 3 rings (SSSR count). The SMILES string of the molecule is c1ccc2c(c1)Nc1cscc1N2. The smallest absolute Gasteiger partial charge is 0.0732 e. The van der Waals surface area contributed by atoms with Crippen LogP contribution in [0.5, 0.6) is 0 Å². The summed E-state index contributed by atoms with van der Waals surface area (Å²) in [5.41, 5.74) is 4.63. The summed E-state index contributed by atoms with van der Waals surface area (Å²) in [7, 11) is 0. The molecule has 0 amide bonds. The molecule has 2 aromatic rings. The Morgan fingerprint density at radius 2 is 1.31 bits per heavy atom. The molecule has 1 aromatic carbocycles. The fourth-order valence-electron chi connectivity index (χ4n) is 1.48. The Labute approximate surface area is 80.2 Å². The van der Waals surface area contributed by atoms with Crippen LogP contribution in [0, 0.1) is 0 Å². The minimum absolute atomic E-state index is 1.15. The predicted octanol–water partition coefficient (Wildman–Crippen LogP) is 3.55. The van der Waals surface area contributed by atoms with E-state index in [2.05, 4.69) is 33.5 Å². The zero-order valence-corrected chi connectivity index (χ0v) is 7.69. The van der Waals surface area contributed by atoms with Gasteiger partial charge in [0.15, 0.2) is 0 Å². The third kappa shape index (κ3) is 1.01. The first-order valence-corrected chi connectivity index (χ1v) is 5.07. The Balaban J connectivity index is 2.14. The lowest BCUT2D eigenvalue weighted by Crippen LogP contribution is -2.03. The molecule has 3 heteroatoms. The molecular weight excluding hydrogens is 180 g/mol. The van der Waals surface area contributed by atoms with E-state index in [-0.39, 0.29) is 0 Å². The average molecular weight is 188 g/mol. The Morgan fingerprint density at radius 1 is 0.769 bits per heavy atom. The lowest BCUT2D eigenvalue weighted by atomic mass is 10.2. The van der Waals surface area contributed by atoms with Crippen LogP contribution in [0.4, 0.5) is 22.7 Å². The highest BCUT2D eigenvalue weighted by Gasteiger charge is 2.12. The molecule has 0 saturated carbocycles. The average Bonchev–Trinajstić information content (AvgIpc) is 2.61. The molecule has 0 fully saturated rings. The van der Waals surface area contributed by atoms with Crippen molar-refractivity contribution in [3.05, 3.63) is 35.0 Å². The largest absolute Gasteiger partial charge is 0.351 e. The summed E-state index contributed by atoms with van der Waals surface area (Å²) < 4.78 is 0. The van der Waals surface area contributed by atoms with Crippen molar-refractivity contribution in [1.29, 1.82) is 0 Å². The molecule has 0 bridgehead atoms. The van der Waals surface area contributed by atoms with Crippen molar-refractivity contribution in [2.75, 3.05) is 10.6 Å². The summed E-state index contributed by atoms with van der Waals surface area (Å²) in [5, 5.41) is 11.0. The van der Waals surface area contributed by atoms with Gasteiger partial charge in [0.05, 0.1) is 22.7 Å². The maximum absolute atomic E-state index is 3.37. The molecule has 2 N–H and O–H groups in total. The van der Waals surface area contributed by atoms with Gasteiger partial charge < -0.3 is 10.6 Å². The van der Waals surface area contributed by atoms with E-state index in [1.165, 1.54) is 11.4 Å². The summed E-state index contributed by atoms with van der Waals surface area (Å²) in [6.45, 7) is 0. The van der Waals surface area contributed by atoms with Crippen LogP contribution in [0.1, 0.15) is 0 Å². The van der Waals surface area contributed by atoms with Crippen molar-refractivity contribution >= 4 is 34.1 Å². The Bertz CT molecular complexity index is 408. The second kappa shape index (κ2) is 2.50. The van der Waals surface area contributed by atoms with Crippen LogP contribution >= 0.6 is 11.3 Å². The van der Waals surface area contributed by atoms with Crippen LogP contribution < -0.4 is 10.6 Å². The van der Waals surface area contributed by atoms with Gasteiger partial charge in [0, 0.05) is 10.8 Å². The van der Waals surface area contributed by atoms with Crippen molar-refractivity contribution in [3.8, 4) is 0 Å². The fraction of sp³-hybridized carbons (Fsp3) is 0. The molecule has 2 heterocycles. The molecule has 1 aromatic heterocycles. The van der Waals surface area contributed by atoms with Gasteiger partial charge in [-0.3, -0.25) is 0 Å². The quantitative estimate of drug-likeness (QED) is 0.563. The molecule has 1 aliphatic heterocycles. The van der Waals surface area contributed by atoms with Crippen LogP contribution in [-0.4, -0.2) is 0 Å². The van der Waals surface area contributed by atoms with Gasteiger partial charge in [0.1, 0.15) is 0 Å². The van der Waals surface area contributed by atoms with Crippen molar-refractivity contribution in [1.82, 2.24) is 0 Å². The van der Waals surface area contributed by atoms with Gasteiger partial charge >= 0.3 is 0 Å². The highest BCUT2D eigenvalue weighted by Crippen LogP contribution is 2.39. The lowest BCUT2D eigenvalue weighted by molar-refractivity contribution is 1.48. The molecule has 0 unspecified atom stereocenters. The zero-order valence-electron chi connectivity index (χ0n) is 6.87. The standard InChI is InChI=1S/C10H8N2S/c1-2-4-8-7(3-1)11-9-5-13-6-10(9)12-8/h1-6,11-12H. The summed E-state index contributed by atoms with van der Waals surface area (Å²) in [6, 6.07) is 8.21. The topological polar surface area (TPSA) is 24.1 Å². The molecule has 0 saturated heterocycles. The second-order valence-corrected chi connectivity index (χ2v) is 3.74. The van der Waals surface area contributed by atoms with Crippen LogP contribution in [-0.2, 0) is 0 Å². The molecule has 0 atom stereocenters. The van der Waals surface area contributed by atoms with Gasteiger partial charge in [-0.05, 0) is 12.1 Å². The Hall–Kier alpha value is -1.48. The van der Waals surface area contributed by atoms with E-state index in [1.54, 1.807) is 11.3 Å². The number of thiophene rings is 1. The highest BCUT2D eigenvalue weighted by molar-refractivity contribution is 7.09. The molecular formula is C10H8N2S. The summed E-state index contributed by atoms with van der Waals surface area (Å²) in [6.07, 6.45) is 0. The minimum Gasteiger partial charge on any atom is -0.351 e. The molecule has 1 aliphatic rings. The molecule has 0 radical (unpaired) electrons. The Kier molecular flexibility index (Phi) is 1.34. The molecule has 0 spiro atoms. The van der Waals surface area contributed by atoms with Crippen LogP contribution in [0.15, 0.2) is 35.0 Å². The van der Waals surface area contributed by atoms with E-state index < -0.39 is 0 Å². The number of benzene rings is 1. The highest BCUT2D eigenvalue weighted by atomic mass is 32.1. The predicted molar refractivity (Wildman–Crippen MR) is 57.3 cm³/mol. The first kappa shape index (κ1) is 6.97. The summed E-state index contributed by atoms with van der Waals surface area (Å²) >= 11 is 1.70. The minimum atomic E-state index is 1.15. The monoisotopic (exact) mass is 188 g/mol. The molecule has 13 heavy (non-hydrogen) atoms. The second-order valence-electron chi connectivity index (χ2n) is 2.99. The maximum Gasteiger partial charge on any atom is 0.0732 e. The summed E-state index contributed by atoms with van der Waals surface area (Å²) in [4.78, 5) is 0. The summed E-state index contributed by atoms with van der Waals surface area (Å²) in [5.74, 6) is 0. The third-order valence-corrected chi connectivity index (χ3v) is 2.87. The van der Waals surface area contributed by atoms with E-state index in [1.807, 2.05) is 12.1 Å².